The maximum absolute atomic E-state index is 12.1. The first kappa shape index (κ1) is 15.8. The van der Waals surface area contributed by atoms with Crippen LogP contribution in [0.1, 0.15) is 19.8 Å². The highest BCUT2D eigenvalue weighted by atomic mass is 16.5. The molecule has 0 aliphatic carbocycles. The van der Waals surface area contributed by atoms with Gasteiger partial charge in [-0.1, -0.05) is 0 Å². The first-order chi connectivity index (χ1) is 8.95. The average molecular weight is 271 g/mol. The minimum absolute atomic E-state index is 0.00238. The molecule has 6 nitrogen and oxygen atoms in total. The fourth-order valence-electron chi connectivity index (χ4n) is 2.30. The molecular weight excluding hydrogens is 246 g/mol. The van der Waals surface area contributed by atoms with Crippen LogP contribution in [0.25, 0.3) is 0 Å². The summed E-state index contributed by atoms with van der Waals surface area (Å²) in [5, 5.41) is 2.92. The fraction of sp³-hybridized carbons (Fsp3) is 0.846. The summed E-state index contributed by atoms with van der Waals surface area (Å²) >= 11 is 0. The van der Waals surface area contributed by atoms with Crippen molar-refractivity contribution in [2.45, 2.75) is 25.8 Å². The van der Waals surface area contributed by atoms with E-state index in [1.807, 2.05) is 6.92 Å². The zero-order chi connectivity index (χ0) is 14.4. The first-order valence-electron chi connectivity index (χ1n) is 6.71. The van der Waals surface area contributed by atoms with E-state index in [1.54, 1.807) is 31.0 Å². The lowest BCUT2D eigenvalue weighted by Gasteiger charge is -2.34. The van der Waals surface area contributed by atoms with Gasteiger partial charge in [0.15, 0.2) is 0 Å². The van der Waals surface area contributed by atoms with Gasteiger partial charge < -0.3 is 19.9 Å². The van der Waals surface area contributed by atoms with Crippen LogP contribution in [0.4, 0.5) is 4.79 Å². The van der Waals surface area contributed by atoms with Crippen LogP contribution in [-0.4, -0.2) is 68.7 Å². The molecule has 6 heteroatoms. The number of methoxy groups -OCH3 is 1. The summed E-state index contributed by atoms with van der Waals surface area (Å²) in [6.45, 7) is 3.64. The summed E-state index contributed by atoms with van der Waals surface area (Å²) in [6.07, 6.45) is 1.71. The number of ether oxygens (including phenoxy) is 1. The lowest BCUT2D eigenvalue weighted by atomic mass is 9.97. The maximum Gasteiger partial charge on any atom is 0.319 e. The van der Waals surface area contributed by atoms with Gasteiger partial charge >= 0.3 is 6.03 Å². The summed E-state index contributed by atoms with van der Waals surface area (Å²) < 4.78 is 5.00. The van der Waals surface area contributed by atoms with E-state index in [2.05, 4.69) is 5.32 Å². The Balaban J connectivity index is 2.50. The zero-order valence-corrected chi connectivity index (χ0v) is 12.3. The standard InChI is InChI=1S/C13H25N3O3/c1-10(9-19-4)14-12(17)11-6-5-7-16(8-11)13(18)15(2)3/h10-11H,5-9H2,1-4H3,(H,14,17)/t10-,11-/m1/s1. The Labute approximate surface area is 115 Å². The molecule has 110 valence electrons. The number of piperidine rings is 1. The third-order valence-electron chi connectivity index (χ3n) is 3.25. The van der Waals surface area contributed by atoms with Crippen LogP contribution in [0.15, 0.2) is 0 Å². The van der Waals surface area contributed by atoms with Crippen LogP contribution in [0.3, 0.4) is 0 Å². The molecule has 19 heavy (non-hydrogen) atoms. The molecule has 1 aliphatic heterocycles. The van der Waals surface area contributed by atoms with Gasteiger partial charge in [-0.2, -0.15) is 0 Å². The lowest BCUT2D eigenvalue weighted by Crippen LogP contribution is -2.50. The number of rotatable bonds is 4. The van der Waals surface area contributed by atoms with Gasteiger partial charge in [0, 0.05) is 40.3 Å². The molecule has 1 saturated heterocycles. The SMILES string of the molecule is COC[C@@H](C)NC(=O)[C@@H]1CCCN(C(=O)N(C)C)C1. The number of carbonyl (C=O) groups excluding carboxylic acids is 2. The third kappa shape index (κ3) is 4.70. The Hall–Kier alpha value is -1.30. The van der Waals surface area contributed by atoms with E-state index in [-0.39, 0.29) is 23.9 Å². The predicted octanol–water partition coefficient (Wildman–Crippen LogP) is 0.531. The highest BCUT2D eigenvalue weighted by molar-refractivity contribution is 5.81. The van der Waals surface area contributed by atoms with Crippen molar-refractivity contribution < 1.29 is 14.3 Å². The Morgan fingerprint density at radius 3 is 2.74 bits per heavy atom. The molecule has 0 unspecified atom stereocenters. The van der Waals surface area contributed by atoms with Crippen molar-refractivity contribution >= 4 is 11.9 Å². The molecule has 0 aromatic heterocycles. The molecule has 2 atom stereocenters. The molecule has 3 amide bonds. The number of carbonyl (C=O) groups is 2. The molecule has 1 N–H and O–H groups in total. The molecule has 0 bridgehead atoms. The van der Waals surface area contributed by atoms with Gasteiger partial charge in [0.1, 0.15) is 0 Å². The van der Waals surface area contributed by atoms with Crippen LogP contribution in [-0.2, 0) is 9.53 Å². The van der Waals surface area contributed by atoms with Crippen molar-refractivity contribution in [1.29, 1.82) is 0 Å². The van der Waals surface area contributed by atoms with Gasteiger partial charge in [-0.15, -0.1) is 0 Å². The van der Waals surface area contributed by atoms with Crippen molar-refractivity contribution in [3.05, 3.63) is 0 Å². The Kier molecular flexibility index (Phi) is 6.08. The van der Waals surface area contributed by atoms with Gasteiger partial charge in [-0.25, -0.2) is 4.79 Å². The monoisotopic (exact) mass is 271 g/mol. The van der Waals surface area contributed by atoms with Crippen LogP contribution in [0.2, 0.25) is 0 Å². The average Bonchev–Trinajstić information content (AvgIpc) is 2.38. The minimum atomic E-state index is -0.114. The van der Waals surface area contributed by atoms with E-state index in [4.69, 9.17) is 4.74 Å². The molecule has 1 aliphatic rings. The molecule has 0 saturated carbocycles. The highest BCUT2D eigenvalue weighted by Gasteiger charge is 2.29. The molecule has 0 aromatic carbocycles. The second-order valence-electron chi connectivity index (χ2n) is 5.33. The molecule has 0 aromatic rings. The largest absolute Gasteiger partial charge is 0.383 e. The fourth-order valence-corrected chi connectivity index (χ4v) is 2.30. The van der Waals surface area contributed by atoms with Crippen molar-refractivity contribution in [3.8, 4) is 0 Å². The van der Waals surface area contributed by atoms with E-state index in [9.17, 15) is 9.59 Å². The van der Waals surface area contributed by atoms with Gasteiger partial charge in [0.25, 0.3) is 0 Å². The molecular formula is C13H25N3O3. The van der Waals surface area contributed by atoms with Gasteiger partial charge in [0.2, 0.25) is 5.91 Å². The third-order valence-corrected chi connectivity index (χ3v) is 3.25. The molecule has 1 heterocycles. The highest BCUT2D eigenvalue weighted by Crippen LogP contribution is 2.17. The predicted molar refractivity (Wildman–Crippen MR) is 72.9 cm³/mol. The number of hydrogen-bond acceptors (Lipinski definition) is 3. The second kappa shape index (κ2) is 7.33. The van der Waals surface area contributed by atoms with Crippen molar-refractivity contribution in [2.75, 3.05) is 40.9 Å². The van der Waals surface area contributed by atoms with Crippen molar-refractivity contribution in [1.82, 2.24) is 15.1 Å². The molecule has 1 fully saturated rings. The Bertz CT molecular complexity index is 320. The van der Waals surface area contributed by atoms with Gasteiger partial charge in [-0.3, -0.25) is 4.79 Å². The maximum atomic E-state index is 12.1. The van der Waals surface area contributed by atoms with Crippen molar-refractivity contribution in [3.63, 3.8) is 0 Å². The number of hydrogen-bond donors (Lipinski definition) is 1. The van der Waals surface area contributed by atoms with Crippen LogP contribution in [0.5, 0.6) is 0 Å². The second-order valence-corrected chi connectivity index (χ2v) is 5.33. The zero-order valence-electron chi connectivity index (χ0n) is 12.3. The van der Waals surface area contributed by atoms with Crippen LogP contribution in [0, 0.1) is 5.92 Å². The smallest absolute Gasteiger partial charge is 0.319 e. The summed E-state index contributed by atoms with van der Waals surface area (Å²) in [6, 6.07) is -0.0279. The normalized spacial score (nSPS) is 20.8. The number of urea groups is 1. The van der Waals surface area contributed by atoms with Gasteiger partial charge in [0.05, 0.1) is 12.5 Å². The van der Waals surface area contributed by atoms with Crippen molar-refractivity contribution in [2.24, 2.45) is 5.92 Å². The summed E-state index contributed by atoms with van der Waals surface area (Å²) in [4.78, 5) is 27.3. The summed E-state index contributed by atoms with van der Waals surface area (Å²) in [7, 11) is 5.07. The molecule has 1 rings (SSSR count). The summed E-state index contributed by atoms with van der Waals surface area (Å²) in [5.74, 6) is -0.0993. The van der Waals surface area contributed by atoms with Gasteiger partial charge in [-0.05, 0) is 19.8 Å². The lowest BCUT2D eigenvalue weighted by molar-refractivity contribution is -0.127. The minimum Gasteiger partial charge on any atom is -0.383 e. The first-order valence-corrected chi connectivity index (χ1v) is 6.71. The Morgan fingerprint density at radius 2 is 2.16 bits per heavy atom. The topological polar surface area (TPSA) is 61.9 Å². The Morgan fingerprint density at radius 1 is 1.47 bits per heavy atom. The van der Waals surface area contributed by atoms with E-state index < -0.39 is 0 Å². The van der Waals surface area contributed by atoms with E-state index >= 15 is 0 Å². The van der Waals surface area contributed by atoms with E-state index in [0.29, 0.717) is 13.2 Å². The number of amides is 3. The number of nitrogens with zero attached hydrogens (tertiary/aromatic N) is 2. The summed E-state index contributed by atoms with van der Waals surface area (Å²) in [5.41, 5.74) is 0. The quantitative estimate of drug-likeness (QED) is 0.811. The van der Waals surface area contributed by atoms with E-state index in [0.717, 1.165) is 19.4 Å². The molecule has 0 spiro atoms. The van der Waals surface area contributed by atoms with Crippen LogP contribution >= 0.6 is 0 Å². The van der Waals surface area contributed by atoms with Crippen LogP contribution < -0.4 is 5.32 Å². The van der Waals surface area contributed by atoms with E-state index in [1.165, 1.54) is 0 Å². The molecule has 0 radical (unpaired) electrons. The number of likely N-dealkylation sites (tertiary alicyclic amines) is 1. The number of nitrogens with one attached hydrogen (secondary N) is 1.